The Bertz CT molecular complexity index is 975. The average molecular weight is 370 g/mol. The minimum atomic E-state index is -0.205. The van der Waals surface area contributed by atoms with Gasteiger partial charge in [-0.2, -0.15) is 0 Å². The first-order valence-electron chi connectivity index (χ1n) is 10.1. The Balaban J connectivity index is 1.73. The molecule has 3 aromatic rings. The Morgan fingerprint density at radius 2 is 1.75 bits per heavy atom. The van der Waals surface area contributed by atoms with Crippen LogP contribution in [0.3, 0.4) is 0 Å². The molecule has 0 saturated carbocycles. The summed E-state index contributed by atoms with van der Waals surface area (Å²) in [6.45, 7) is 4.36. The van der Waals surface area contributed by atoms with E-state index >= 15 is 0 Å². The van der Waals surface area contributed by atoms with E-state index in [-0.39, 0.29) is 6.23 Å². The lowest BCUT2D eigenvalue weighted by molar-refractivity contribution is 0.270. The fourth-order valence-corrected chi connectivity index (χ4v) is 3.67. The van der Waals surface area contributed by atoms with Gasteiger partial charge in [-0.3, -0.25) is 0 Å². The van der Waals surface area contributed by atoms with Crippen molar-refractivity contribution in [3.63, 3.8) is 0 Å². The topological polar surface area (TPSA) is 21.3 Å². The van der Waals surface area contributed by atoms with Crippen LogP contribution in [0.25, 0.3) is 17.2 Å². The van der Waals surface area contributed by atoms with Gasteiger partial charge >= 0.3 is 0 Å². The molecule has 0 amide bonds. The Labute approximate surface area is 167 Å². The van der Waals surface area contributed by atoms with Gasteiger partial charge in [0.1, 0.15) is 5.75 Å². The third-order valence-electron chi connectivity index (χ3n) is 5.22. The normalized spacial score (nSPS) is 15.6. The van der Waals surface area contributed by atoms with E-state index < -0.39 is 0 Å². The fraction of sp³-hybridized carbons (Fsp3) is 0.231. The van der Waals surface area contributed by atoms with Gasteiger partial charge in [0.2, 0.25) is 0 Å². The van der Waals surface area contributed by atoms with Gasteiger partial charge in [0.15, 0.2) is 6.23 Å². The maximum Gasteiger partial charge on any atom is 0.192 e. The van der Waals surface area contributed by atoms with E-state index in [1.165, 1.54) is 29.5 Å². The van der Waals surface area contributed by atoms with Gasteiger partial charge in [0, 0.05) is 16.8 Å². The molecule has 28 heavy (non-hydrogen) atoms. The van der Waals surface area contributed by atoms with Crippen LogP contribution in [0.2, 0.25) is 0 Å². The number of hydrogen-bond donors (Lipinski definition) is 1. The lowest BCUT2D eigenvalue weighted by atomic mass is 9.99. The maximum atomic E-state index is 6.42. The predicted molar refractivity (Wildman–Crippen MR) is 119 cm³/mol. The highest BCUT2D eigenvalue weighted by atomic mass is 16.5. The number of hydrogen-bond acceptors (Lipinski definition) is 2. The van der Waals surface area contributed by atoms with E-state index in [1.54, 1.807) is 0 Å². The Kier molecular flexibility index (Phi) is 5.48. The summed E-state index contributed by atoms with van der Waals surface area (Å²) in [5.41, 5.74) is 7.18. The Morgan fingerprint density at radius 1 is 0.964 bits per heavy atom. The maximum absolute atomic E-state index is 6.42. The van der Waals surface area contributed by atoms with Crippen LogP contribution in [-0.2, 0) is 6.42 Å². The third-order valence-corrected chi connectivity index (χ3v) is 5.22. The summed E-state index contributed by atoms with van der Waals surface area (Å²) >= 11 is 0. The lowest BCUT2D eigenvalue weighted by Gasteiger charge is -2.21. The Hall–Kier alpha value is -3.00. The van der Waals surface area contributed by atoms with Crippen LogP contribution in [0.15, 0.2) is 78.4 Å². The minimum Gasteiger partial charge on any atom is -0.466 e. The van der Waals surface area contributed by atoms with Gasteiger partial charge in [-0.05, 0) is 48.6 Å². The molecule has 0 aromatic heterocycles. The second-order valence-electron chi connectivity index (χ2n) is 7.42. The number of ether oxygens (including phenoxy) is 1. The van der Waals surface area contributed by atoms with E-state index in [9.17, 15) is 0 Å². The largest absolute Gasteiger partial charge is 0.466 e. The van der Waals surface area contributed by atoms with Gasteiger partial charge in [-0.25, -0.2) is 0 Å². The number of aryl methyl sites for hydroxylation is 1. The van der Waals surface area contributed by atoms with Crippen LogP contribution in [-0.4, -0.2) is 6.23 Å². The number of nitrogens with one attached hydrogen (secondary N) is 1. The smallest absolute Gasteiger partial charge is 0.192 e. The molecule has 1 atom stereocenters. The molecule has 1 unspecified atom stereocenters. The number of benzene rings is 3. The van der Waals surface area contributed by atoms with E-state index in [2.05, 4.69) is 85.9 Å². The summed E-state index contributed by atoms with van der Waals surface area (Å²) in [7, 11) is 0. The molecule has 142 valence electrons. The zero-order valence-electron chi connectivity index (χ0n) is 16.6. The van der Waals surface area contributed by atoms with E-state index in [4.69, 9.17) is 4.74 Å². The van der Waals surface area contributed by atoms with Crippen molar-refractivity contribution in [3.05, 3.63) is 89.5 Å². The number of rotatable bonds is 5. The molecule has 2 nitrogen and oxygen atoms in total. The number of fused-ring (bicyclic) bond motifs is 3. The zero-order valence-corrected chi connectivity index (χ0v) is 16.6. The third kappa shape index (κ3) is 3.96. The lowest BCUT2D eigenvalue weighted by Crippen LogP contribution is -2.26. The fourth-order valence-electron chi connectivity index (χ4n) is 3.67. The number of unbranched alkanes of at least 4 members (excludes halogenated alkanes) is 1. The molecule has 3 aromatic carbocycles. The molecule has 0 bridgehead atoms. The van der Waals surface area contributed by atoms with Crippen molar-refractivity contribution in [2.75, 3.05) is 5.32 Å². The monoisotopic (exact) mass is 369 g/mol. The van der Waals surface area contributed by atoms with Crippen molar-refractivity contribution in [2.24, 2.45) is 0 Å². The van der Waals surface area contributed by atoms with Crippen molar-refractivity contribution in [2.45, 2.75) is 39.3 Å². The molecule has 2 heteroatoms. The van der Waals surface area contributed by atoms with Crippen LogP contribution in [0.4, 0.5) is 5.69 Å². The summed E-state index contributed by atoms with van der Waals surface area (Å²) in [4.78, 5) is 0. The second-order valence-corrected chi connectivity index (χ2v) is 7.42. The van der Waals surface area contributed by atoms with Crippen LogP contribution < -0.4 is 10.1 Å². The summed E-state index contributed by atoms with van der Waals surface area (Å²) in [6.07, 6.45) is 5.51. The molecule has 0 fully saturated rings. The van der Waals surface area contributed by atoms with E-state index in [0.29, 0.717) is 0 Å². The summed E-state index contributed by atoms with van der Waals surface area (Å²) < 4.78 is 6.42. The van der Waals surface area contributed by atoms with E-state index in [0.717, 1.165) is 29.0 Å². The van der Waals surface area contributed by atoms with Crippen LogP contribution >= 0.6 is 0 Å². The van der Waals surface area contributed by atoms with E-state index in [1.807, 2.05) is 12.1 Å². The SMILES string of the molecule is CCCCc1ccc2c(c1)NC(C(C)=Cc1ccccc1)Oc1ccccc1-2. The highest BCUT2D eigenvalue weighted by Crippen LogP contribution is 2.40. The van der Waals surface area contributed by atoms with Crippen molar-refractivity contribution in [1.82, 2.24) is 0 Å². The van der Waals surface area contributed by atoms with Crippen molar-refractivity contribution >= 4 is 11.8 Å². The number of anilines is 1. The molecule has 1 N–H and O–H groups in total. The zero-order chi connectivity index (χ0) is 19.3. The number of para-hydroxylation sites is 1. The predicted octanol–water partition coefficient (Wildman–Crippen LogP) is 6.93. The molecule has 1 aliphatic heterocycles. The molecule has 4 rings (SSSR count). The summed E-state index contributed by atoms with van der Waals surface area (Å²) in [5.74, 6) is 0.917. The highest BCUT2D eigenvalue weighted by molar-refractivity contribution is 5.83. The van der Waals surface area contributed by atoms with Gasteiger partial charge in [-0.15, -0.1) is 0 Å². The van der Waals surface area contributed by atoms with Crippen LogP contribution in [0.1, 0.15) is 37.8 Å². The van der Waals surface area contributed by atoms with Crippen molar-refractivity contribution in [1.29, 1.82) is 0 Å². The first kappa shape index (κ1) is 18.4. The first-order valence-corrected chi connectivity index (χ1v) is 10.1. The van der Waals surface area contributed by atoms with Gasteiger partial charge in [0.05, 0.1) is 0 Å². The molecule has 0 saturated heterocycles. The van der Waals surface area contributed by atoms with Gasteiger partial charge in [-0.1, -0.05) is 80.1 Å². The standard InChI is InChI=1S/C26H27NO/c1-3-4-10-21-15-16-22-23-13-8-9-14-25(23)28-26(27-24(22)18-21)19(2)17-20-11-6-5-7-12-20/h5-9,11-18,26-27H,3-4,10H2,1-2H3. The summed E-state index contributed by atoms with van der Waals surface area (Å²) in [5, 5.41) is 3.65. The van der Waals surface area contributed by atoms with Gasteiger partial charge < -0.3 is 10.1 Å². The van der Waals surface area contributed by atoms with Gasteiger partial charge in [0.25, 0.3) is 0 Å². The minimum absolute atomic E-state index is 0.205. The van der Waals surface area contributed by atoms with Crippen LogP contribution in [0, 0.1) is 0 Å². The molecule has 0 spiro atoms. The van der Waals surface area contributed by atoms with Crippen molar-refractivity contribution in [3.8, 4) is 16.9 Å². The molecule has 1 heterocycles. The van der Waals surface area contributed by atoms with Crippen LogP contribution in [0.5, 0.6) is 5.75 Å². The quantitative estimate of drug-likeness (QED) is 0.526. The molecular weight excluding hydrogens is 342 g/mol. The Morgan fingerprint density at radius 3 is 2.57 bits per heavy atom. The molecule has 1 aliphatic rings. The van der Waals surface area contributed by atoms with Crippen molar-refractivity contribution < 1.29 is 4.74 Å². The summed E-state index contributed by atoms with van der Waals surface area (Å²) in [6, 6.07) is 25.5. The second kappa shape index (κ2) is 8.35. The average Bonchev–Trinajstić information content (AvgIpc) is 2.89. The highest BCUT2D eigenvalue weighted by Gasteiger charge is 2.22. The molecular formula is C26H27NO. The molecule has 0 aliphatic carbocycles. The molecule has 0 radical (unpaired) electrons. The first-order chi connectivity index (χ1) is 13.7.